The first-order valence-corrected chi connectivity index (χ1v) is 15.8. The van der Waals surface area contributed by atoms with Crippen LogP contribution >= 0.6 is 0 Å². The van der Waals surface area contributed by atoms with Crippen LogP contribution in [-0.4, -0.2) is 30.4 Å². The van der Waals surface area contributed by atoms with Crippen molar-refractivity contribution in [2.24, 2.45) is 0 Å². The van der Waals surface area contributed by atoms with E-state index in [9.17, 15) is 4.39 Å². The number of benzene rings is 4. The van der Waals surface area contributed by atoms with Crippen molar-refractivity contribution in [3.05, 3.63) is 143 Å². The molecule has 4 aromatic carbocycles. The van der Waals surface area contributed by atoms with E-state index in [-0.39, 0.29) is 11.1 Å². The molecule has 50 heavy (non-hydrogen) atoms. The maximum absolute atomic E-state index is 16.4. The van der Waals surface area contributed by atoms with Crippen LogP contribution in [0.3, 0.4) is 0 Å². The molecule has 0 radical (unpaired) electrons. The van der Waals surface area contributed by atoms with E-state index in [2.05, 4.69) is 41.0 Å². The number of hydrogen-bond acceptors (Lipinski definition) is 6. The van der Waals surface area contributed by atoms with Crippen LogP contribution in [-0.2, 0) is 0 Å². The Kier molecular flexibility index (Phi) is 5.96. The van der Waals surface area contributed by atoms with Crippen LogP contribution in [0.1, 0.15) is 34.3 Å². The molecule has 0 saturated carbocycles. The molecule has 6 heterocycles. The summed E-state index contributed by atoms with van der Waals surface area (Å²) in [5.74, 6) is -3.38. The molecule has 8 aromatic rings. The molecule has 0 aliphatic carbocycles. The van der Waals surface area contributed by atoms with Crippen LogP contribution in [0.25, 0.3) is 55.4 Å². The summed E-state index contributed by atoms with van der Waals surface area (Å²) in [5, 5.41) is 24.9. The maximum Gasteiger partial charge on any atom is 0.164 e. The topological polar surface area (TPSA) is 107 Å². The Labute approximate surface area is 280 Å². The Morgan fingerprint density at radius 2 is 1.16 bits per heavy atom. The van der Waals surface area contributed by atoms with Gasteiger partial charge in [0, 0.05) is 73.5 Å². The van der Waals surface area contributed by atoms with Gasteiger partial charge in [-0.25, -0.2) is 17.6 Å². The zero-order chi connectivity index (χ0) is 33.7. The lowest BCUT2D eigenvalue weighted by molar-refractivity contribution is 0.496. The van der Waals surface area contributed by atoms with E-state index in [1.165, 1.54) is 24.3 Å². The molecule has 12 heteroatoms. The lowest BCUT2D eigenvalue weighted by Crippen LogP contribution is -2.15. The molecule has 4 aromatic heterocycles. The van der Waals surface area contributed by atoms with Gasteiger partial charge in [-0.15, -0.1) is 10.2 Å². The molecular weight excluding hydrogens is 644 g/mol. The van der Waals surface area contributed by atoms with Crippen LogP contribution in [0.4, 0.5) is 28.9 Å². The molecule has 0 fully saturated rings. The summed E-state index contributed by atoms with van der Waals surface area (Å²) in [6.45, 7) is 0. The summed E-state index contributed by atoms with van der Waals surface area (Å²) in [7, 11) is 0. The van der Waals surface area contributed by atoms with Crippen molar-refractivity contribution in [2.45, 2.75) is 12.1 Å². The number of fused-ring (bicyclic) bond motifs is 4. The fourth-order valence-electron chi connectivity index (χ4n) is 7.49. The molecule has 8 nitrogen and oxygen atoms in total. The zero-order valence-corrected chi connectivity index (χ0v) is 25.7. The van der Waals surface area contributed by atoms with E-state index in [4.69, 9.17) is 0 Å². The van der Waals surface area contributed by atoms with Gasteiger partial charge in [0.1, 0.15) is 11.6 Å². The fourth-order valence-corrected chi connectivity index (χ4v) is 7.49. The summed E-state index contributed by atoms with van der Waals surface area (Å²) < 4.78 is 62.3. The van der Waals surface area contributed by atoms with Crippen molar-refractivity contribution in [2.75, 3.05) is 10.6 Å². The number of para-hydroxylation sites is 1. The van der Waals surface area contributed by atoms with E-state index in [1.807, 2.05) is 24.3 Å². The predicted molar refractivity (Wildman–Crippen MR) is 181 cm³/mol. The number of halogens is 4. The third-order valence-corrected chi connectivity index (χ3v) is 9.75. The van der Waals surface area contributed by atoms with Gasteiger partial charge in [0.05, 0.1) is 30.0 Å². The molecule has 0 amide bonds. The van der Waals surface area contributed by atoms with Crippen molar-refractivity contribution >= 4 is 33.4 Å². The first-order valence-electron chi connectivity index (χ1n) is 15.8. The van der Waals surface area contributed by atoms with Crippen LogP contribution in [0.2, 0.25) is 0 Å². The largest absolute Gasteiger partial charge is 0.373 e. The van der Waals surface area contributed by atoms with Gasteiger partial charge in [-0.05, 0) is 47.5 Å². The van der Waals surface area contributed by atoms with Gasteiger partial charge in [0.2, 0.25) is 0 Å². The van der Waals surface area contributed by atoms with E-state index >= 15 is 13.2 Å². The second-order valence-corrected chi connectivity index (χ2v) is 12.4. The minimum absolute atomic E-state index is 0.120. The summed E-state index contributed by atoms with van der Waals surface area (Å²) in [6, 6.07) is 17.9. The average Bonchev–Trinajstić information content (AvgIpc) is 3.69. The van der Waals surface area contributed by atoms with Crippen LogP contribution < -0.4 is 10.6 Å². The number of nitrogens with one attached hydrogen (secondary N) is 4. The van der Waals surface area contributed by atoms with Gasteiger partial charge >= 0.3 is 0 Å². The summed E-state index contributed by atoms with van der Waals surface area (Å²) in [5.41, 5.74) is 7.40. The monoisotopic (exact) mass is 666 g/mol. The minimum atomic E-state index is -0.961. The Bertz CT molecular complexity index is 2680. The van der Waals surface area contributed by atoms with E-state index in [0.717, 1.165) is 22.6 Å². The normalized spacial score (nSPS) is 15.9. The number of aromatic amines is 2. The number of H-pyrrole nitrogens is 2. The van der Waals surface area contributed by atoms with E-state index in [0.29, 0.717) is 61.4 Å². The standard InChI is InChI=1S/C38H22F4N8/c39-26-6-3-5-20(34(26)42)35-24-13-43-38-32(24)23(16-46-50-38)21-10-17(8-9-30(21)47-35)18-11-27(40)33(28(41)12-18)36-25-14-44-37-31(25)22(15-45-49-37)19-4-1-2-7-29(19)48-36/h1-16,35-36,47-48H,(H,43,50)(H,44,49). The number of nitrogens with zero attached hydrogens (tertiary/aromatic N) is 4. The molecule has 0 spiro atoms. The Hall–Kier alpha value is -6.56. The molecule has 242 valence electrons. The highest BCUT2D eigenvalue weighted by atomic mass is 19.2. The van der Waals surface area contributed by atoms with Crippen molar-refractivity contribution in [1.82, 2.24) is 30.4 Å². The van der Waals surface area contributed by atoms with Gasteiger partial charge < -0.3 is 20.6 Å². The minimum Gasteiger partial charge on any atom is -0.373 e. The molecular formula is C38H22F4N8. The fraction of sp³-hybridized carbons (Fsp3) is 0.0526. The van der Waals surface area contributed by atoms with Crippen molar-refractivity contribution in [1.29, 1.82) is 0 Å². The number of rotatable bonds is 3. The van der Waals surface area contributed by atoms with Crippen LogP contribution in [0.15, 0.2) is 97.6 Å². The van der Waals surface area contributed by atoms with Crippen LogP contribution in [0.5, 0.6) is 0 Å². The highest BCUT2D eigenvalue weighted by Gasteiger charge is 2.32. The first kappa shape index (κ1) is 28.5. The highest BCUT2D eigenvalue weighted by molar-refractivity contribution is 6.02. The number of hydrogen-bond donors (Lipinski definition) is 4. The van der Waals surface area contributed by atoms with E-state index < -0.39 is 35.4 Å². The highest BCUT2D eigenvalue weighted by Crippen LogP contribution is 2.47. The van der Waals surface area contributed by atoms with E-state index in [1.54, 1.807) is 43.0 Å². The quantitative estimate of drug-likeness (QED) is 0.141. The van der Waals surface area contributed by atoms with Crippen LogP contribution in [0, 0.1) is 23.3 Å². The molecule has 2 unspecified atom stereocenters. The van der Waals surface area contributed by atoms with Crippen molar-refractivity contribution in [3.8, 4) is 33.4 Å². The van der Waals surface area contributed by atoms with Gasteiger partial charge in [0.15, 0.2) is 22.9 Å². The van der Waals surface area contributed by atoms with Gasteiger partial charge in [-0.3, -0.25) is 0 Å². The summed E-state index contributed by atoms with van der Waals surface area (Å²) in [6.07, 6.45) is 6.66. The Morgan fingerprint density at radius 3 is 1.90 bits per heavy atom. The zero-order valence-electron chi connectivity index (χ0n) is 25.7. The van der Waals surface area contributed by atoms with Crippen molar-refractivity contribution in [3.63, 3.8) is 0 Å². The predicted octanol–water partition coefficient (Wildman–Crippen LogP) is 8.82. The molecule has 4 N–H and O–H groups in total. The third kappa shape index (κ3) is 4.04. The summed E-state index contributed by atoms with van der Waals surface area (Å²) >= 11 is 0. The van der Waals surface area contributed by atoms with Gasteiger partial charge in [-0.1, -0.05) is 36.4 Å². The number of aromatic nitrogens is 6. The maximum atomic E-state index is 16.4. The number of anilines is 2. The summed E-state index contributed by atoms with van der Waals surface area (Å²) in [4.78, 5) is 6.19. The molecule has 0 saturated heterocycles. The Morgan fingerprint density at radius 1 is 0.520 bits per heavy atom. The lowest BCUT2D eigenvalue weighted by atomic mass is 9.93. The van der Waals surface area contributed by atoms with Crippen molar-refractivity contribution < 1.29 is 17.6 Å². The molecule has 2 aliphatic heterocycles. The first-order chi connectivity index (χ1) is 24.4. The molecule has 2 aliphatic rings. The second kappa shape index (κ2) is 10.5. The molecule has 10 rings (SSSR count). The third-order valence-electron chi connectivity index (χ3n) is 9.75. The molecule has 0 bridgehead atoms. The van der Waals surface area contributed by atoms with Gasteiger partial charge in [0.25, 0.3) is 0 Å². The SMILES string of the molecule is Fc1cccc(C2Nc3ccc(-c4cc(F)c(C5Nc6ccccc6-c6cnnc7[nH]cc5c67)c(F)c4)cc3-c3cnnc4[nH]cc2c34)c1F. The molecule has 2 atom stereocenters. The van der Waals surface area contributed by atoms with Gasteiger partial charge in [-0.2, -0.15) is 10.2 Å². The Balaban J connectivity index is 1.10. The second-order valence-electron chi connectivity index (χ2n) is 12.4. The smallest absolute Gasteiger partial charge is 0.164 e. The lowest BCUT2D eigenvalue weighted by Gasteiger charge is -2.22. The average molecular weight is 667 g/mol.